The minimum Gasteiger partial charge on any atom is -0.495 e. The zero-order chi connectivity index (χ0) is 17.7. The van der Waals surface area contributed by atoms with Crippen molar-refractivity contribution in [3.63, 3.8) is 0 Å². The number of nitrogens with zero attached hydrogens (tertiary/aromatic N) is 2. The Morgan fingerprint density at radius 1 is 1.42 bits per heavy atom. The fraction of sp³-hybridized carbons (Fsp3) is 0.529. The van der Waals surface area contributed by atoms with Crippen molar-refractivity contribution >= 4 is 29.1 Å². The average Bonchev–Trinajstić information content (AvgIpc) is 3.00. The van der Waals surface area contributed by atoms with Gasteiger partial charge in [-0.05, 0) is 37.6 Å². The summed E-state index contributed by atoms with van der Waals surface area (Å²) in [5.41, 5.74) is 0.553. The summed E-state index contributed by atoms with van der Waals surface area (Å²) >= 11 is 5.96. The van der Waals surface area contributed by atoms with Crippen LogP contribution in [0.15, 0.2) is 18.2 Å². The molecule has 1 atom stereocenters. The molecule has 1 aromatic rings. The van der Waals surface area contributed by atoms with Crippen LogP contribution in [0.1, 0.15) is 19.3 Å². The highest BCUT2D eigenvalue weighted by Crippen LogP contribution is 2.28. The van der Waals surface area contributed by atoms with Crippen LogP contribution in [-0.4, -0.2) is 62.0 Å². The first-order chi connectivity index (χ1) is 11.4. The number of halogens is 1. The summed E-state index contributed by atoms with van der Waals surface area (Å²) in [5, 5.41) is 3.35. The van der Waals surface area contributed by atoms with Crippen molar-refractivity contribution in [1.29, 1.82) is 0 Å². The number of ether oxygens (including phenoxy) is 1. The monoisotopic (exact) mass is 353 g/mol. The quantitative estimate of drug-likeness (QED) is 0.852. The van der Waals surface area contributed by atoms with Gasteiger partial charge in [-0.25, -0.2) is 0 Å². The molecule has 6 nitrogen and oxygen atoms in total. The number of methoxy groups -OCH3 is 1. The molecule has 1 saturated heterocycles. The standard InChI is InChI=1S/C17H24ClN3O3/c1-20(2)17(23)14-5-4-9-21(14)10-8-16(22)19-13-11-12(18)6-7-15(13)24-3/h6-7,11,14H,4-5,8-10H2,1-3H3,(H,19,22). The van der Waals surface area contributed by atoms with Gasteiger partial charge in [-0.1, -0.05) is 11.6 Å². The average molecular weight is 354 g/mol. The van der Waals surface area contributed by atoms with Gasteiger partial charge in [-0.15, -0.1) is 0 Å². The number of rotatable bonds is 6. The minimum absolute atomic E-state index is 0.101. The molecule has 1 unspecified atom stereocenters. The second-order valence-corrected chi connectivity index (χ2v) is 6.51. The van der Waals surface area contributed by atoms with Crippen LogP contribution in [0.25, 0.3) is 0 Å². The topological polar surface area (TPSA) is 61.9 Å². The maximum absolute atomic E-state index is 12.2. The molecule has 0 spiro atoms. The molecule has 1 aliphatic rings. The molecule has 7 heteroatoms. The van der Waals surface area contributed by atoms with E-state index in [0.717, 1.165) is 19.4 Å². The maximum atomic E-state index is 12.2. The number of carbonyl (C=O) groups excluding carboxylic acids is 2. The number of hydrogen-bond acceptors (Lipinski definition) is 4. The van der Waals surface area contributed by atoms with Gasteiger partial charge < -0.3 is 15.0 Å². The Morgan fingerprint density at radius 3 is 2.83 bits per heavy atom. The highest BCUT2D eigenvalue weighted by atomic mass is 35.5. The van der Waals surface area contributed by atoms with E-state index in [0.29, 0.717) is 29.4 Å². The Kier molecular flexibility index (Phi) is 6.45. The Hall–Kier alpha value is -1.79. The third-order valence-electron chi connectivity index (χ3n) is 4.15. The van der Waals surface area contributed by atoms with Crippen molar-refractivity contribution in [2.45, 2.75) is 25.3 Å². The number of carbonyl (C=O) groups is 2. The van der Waals surface area contributed by atoms with Gasteiger partial charge >= 0.3 is 0 Å². The Balaban J connectivity index is 1.91. The van der Waals surface area contributed by atoms with Crippen LogP contribution >= 0.6 is 11.6 Å². The van der Waals surface area contributed by atoms with Crippen molar-refractivity contribution < 1.29 is 14.3 Å². The SMILES string of the molecule is COc1ccc(Cl)cc1NC(=O)CCN1CCCC1C(=O)N(C)C. The molecule has 1 N–H and O–H groups in total. The Morgan fingerprint density at radius 2 is 2.17 bits per heavy atom. The van der Waals surface area contributed by atoms with Crippen LogP contribution in [0.4, 0.5) is 5.69 Å². The highest BCUT2D eigenvalue weighted by molar-refractivity contribution is 6.31. The molecule has 1 aliphatic heterocycles. The van der Waals surface area contributed by atoms with E-state index >= 15 is 0 Å². The normalized spacial score (nSPS) is 17.6. The van der Waals surface area contributed by atoms with E-state index in [1.807, 2.05) is 0 Å². The summed E-state index contributed by atoms with van der Waals surface area (Å²) in [6.45, 7) is 1.40. The molecule has 0 bridgehead atoms. The van der Waals surface area contributed by atoms with E-state index in [1.54, 1.807) is 44.3 Å². The number of benzene rings is 1. The van der Waals surface area contributed by atoms with Gasteiger partial charge in [0, 0.05) is 32.1 Å². The lowest BCUT2D eigenvalue weighted by molar-refractivity contribution is -0.133. The zero-order valence-corrected chi connectivity index (χ0v) is 15.1. The van der Waals surface area contributed by atoms with Gasteiger partial charge in [0.05, 0.1) is 18.8 Å². The number of likely N-dealkylation sites (tertiary alicyclic amines) is 1. The third kappa shape index (κ3) is 4.61. The van der Waals surface area contributed by atoms with Crippen LogP contribution in [0, 0.1) is 0 Å². The van der Waals surface area contributed by atoms with Gasteiger partial charge in [0.2, 0.25) is 11.8 Å². The summed E-state index contributed by atoms with van der Waals surface area (Å²) < 4.78 is 5.22. The van der Waals surface area contributed by atoms with Gasteiger partial charge in [-0.2, -0.15) is 0 Å². The maximum Gasteiger partial charge on any atom is 0.239 e. The van der Waals surface area contributed by atoms with Gasteiger partial charge in [0.25, 0.3) is 0 Å². The predicted molar refractivity (Wildman–Crippen MR) is 94.5 cm³/mol. The highest BCUT2D eigenvalue weighted by Gasteiger charge is 2.31. The first-order valence-corrected chi connectivity index (χ1v) is 8.38. The molecule has 2 rings (SSSR count). The first kappa shape index (κ1) is 18.5. The molecule has 2 amide bonds. The molecule has 24 heavy (non-hydrogen) atoms. The fourth-order valence-corrected chi connectivity index (χ4v) is 3.08. The van der Waals surface area contributed by atoms with E-state index < -0.39 is 0 Å². The number of anilines is 1. The molecule has 1 aromatic carbocycles. The minimum atomic E-state index is -0.126. The largest absolute Gasteiger partial charge is 0.495 e. The van der Waals surface area contributed by atoms with Crippen LogP contribution in [0.2, 0.25) is 5.02 Å². The molecule has 1 heterocycles. The third-order valence-corrected chi connectivity index (χ3v) is 4.39. The molecular weight excluding hydrogens is 330 g/mol. The van der Waals surface area contributed by atoms with Gasteiger partial charge in [0.15, 0.2) is 0 Å². The van der Waals surface area contributed by atoms with Crippen LogP contribution in [-0.2, 0) is 9.59 Å². The molecule has 1 fully saturated rings. The number of hydrogen-bond donors (Lipinski definition) is 1. The lowest BCUT2D eigenvalue weighted by atomic mass is 10.2. The van der Waals surface area contributed by atoms with Crippen LogP contribution < -0.4 is 10.1 Å². The number of amides is 2. The lowest BCUT2D eigenvalue weighted by Gasteiger charge is -2.25. The number of likely N-dealkylation sites (N-methyl/N-ethyl adjacent to an activating group) is 1. The van der Waals surface area contributed by atoms with E-state index in [4.69, 9.17) is 16.3 Å². The second kappa shape index (κ2) is 8.35. The van der Waals surface area contributed by atoms with E-state index in [2.05, 4.69) is 10.2 Å². The van der Waals surface area contributed by atoms with Crippen LogP contribution in [0.3, 0.4) is 0 Å². The van der Waals surface area contributed by atoms with Crippen molar-refractivity contribution in [3.05, 3.63) is 23.2 Å². The molecule has 0 radical (unpaired) electrons. The van der Waals surface area contributed by atoms with Crippen molar-refractivity contribution in [1.82, 2.24) is 9.80 Å². The summed E-state index contributed by atoms with van der Waals surface area (Å²) in [6, 6.07) is 4.96. The number of nitrogens with one attached hydrogen (secondary N) is 1. The predicted octanol–water partition coefficient (Wildman–Crippen LogP) is 2.23. The summed E-state index contributed by atoms with van der Waals surface area (Å²) in [4.78, 5) is 28.1. The lowest BCUT2D eigenvalue weighted by Crippen LogP contribution is -2.43. The first-order valence-electron chi connectivity index (χ1n) is 8.01. The van der Waals surface area contributed by atoms with Gasteiger partial charge in [0.1, 0.15) is 5.75 Å². The molecule has 132 valence electrons. The van der Waals surface area contributed by atoms with E-state index in [1.165, 1.54) is 0 Å². The zero-order valence-electron chi connectivity index (χ0n) is 14.3. The van der Waals surface area contributed by atoms with E-state index in [-0.39, 0.29) is 17.9 Å². The molecule has 0 saturated carbocycles. The molecule has 0 aliphatic carbocycles. The summed E-state index contributed by atoms with van der Waals surface area (Å²) in [6.07, 6.45) is 2.14. The smallest absolute Gasteiger partial charge is 0.239 e. The Bertz CT molecular complexity index is 607. The molecular formula is C17H24ClN3O3. The molecule has 0 aromatic heterocycles. The summed E-state index contributed by atoms with van der Waals surface area (Å²) in [7, 11) is 5.06. The van der Waals surface area contributed by atoms with Crippen molar-refractivity contribution in [3.8, 4) is 5.75 Å². The van der Waals surface area contributed by atoms with E-state index in [9.17, 15) is 9.59 Å². The van der Waals surface area contributed by atoms with Crippen molar-refractivity contribution in [2.75, 3.05) is 39.6 Å². The second-order valence-electron chi connectivity index (χ2n) is 6.07. The fourth-order valence-electron chi connectivity index (χ4n) is 2.91. The van der Waals surface area contributed by atoms with Crippen LogP contribution in [0.5, 0.6) is 5.75 Å². The Labute approximate surface area is 147 Å². The summed E-state index contributed by atoms with van der Waals surface area (Å²) in [5.74, 6) is 0.539. The van der Waals surface area contributed by atoms with Crippen molar-refractivity contribution in [2.24, 2.45) is 0 Å². The van der Waals surface area contributed by atoms with Gasteiger partial charge in [-0.3, -0.25) is 14.5 Å².